The van der Waals surface area contributed by atoms with Crippen LogP contribution in [0.3, 0.4) is 0 Å². The number of ether oxygens (including phenoxy) is 1. The van der Waals surface area contributed by atoms with Crippen LogP contribution in [0.1, 0.15) is 29.7 Å². The number of hydrogen-bond donors (Lipinski definition) is 0. The molecule has 0 aliphatic carbocycles. The number of methoxy groups -OCH3 is 1. The van der Waals surface area contributed by atoms with Gasteiger partial charge in [-0.25, -0.2) is 0 Å². The third-order valence-corrected chi connectivity index (χ3v) is 4.58. The number of fused-ring (bicyclic) bond motifs is 1. The van der Waals surface area contributed by atoms with Crippen LogP contribution in [0.25, 0.3) is 10.9 Å². The van der Waals surface area contributed by atoms with E-state index >= 15 is 0 Å². The lowest BCUT2D eigenvalue weighted by atomic mass is 10.1. The average molecular weight is 324 g/mol. The fourth-order valence-electron chi connectivity index (χ4n) is 3.37. The molecule has 0 amide bonds. The largest absolute Gasteiger partial charge is 0.380 e. The summed E-state index contributed by atoms with van der Waals surface area (Å²) in [5, 5.41) is 5.09. The minimum Gasteiger partial charge on any atom is -0.380 e. The zero-order valence-electron chi connectivity index (χ0n) is 13.8. The maximum absolute atomic E-state index is 5.57. The molecule has 0 N–H and O–H groups in total. The quantitative estimate of drug-likeness (QED) is 0.735. The van der Waals surface area contributed by atoms with Crippen LogP contribution in [0.2, 0.25) is 0 Å². The van der Waals surface area contributed by atoms with E-state index in [1.54, 1.807) is 7.11 Å². The Bertz CT molecular complexity index is 848. The van der Waals surface area contributed by atoms with Crippen molar-refractivity contribution in [3.05, 3.63) is 53.8 Å². The van der Waals surface area contributed by atoms with Crippen molar-refractivity contribution in [2.45, 2.75) is 32.0 Å². The Hall–Kier alpha value is -2.31. The van der Waals surface area contributed by atoms with Crippen LogP contribution in [-0.4, -0.2) is 39.8 Å². The summed E-state index contributed by atoms with van der Waals surface area (Å²) in [6.45, 7) is 3.51. The van der Waals surface area contributed by atoms with Crippen LogP contribution < -0.4 is 0 Å². The molecule has 1 fully saturated rings. The fourth-order valence-corrected chi connectivity index (χ4v) is 3.37. The highest BCUT2D eigenvalue weighted by Crippen LogP contribution is 2.33. The topological polar surface area (TPSA) is 64.3 Å². The molecule has 1 aliphatic heterocycles. The van der Waals surface area contributed by atoms with Gasteiger partial charge in [0.15, 0.2) is 5.82 Å². The van der Waals surface area contributed by atoms with Gasteiger partial charge in [-0.3, -0.25) is 9.88 Å². The maximum Gasteiger partial charge on any atom is 0.244 e. The third kappa shape index (κ3) is 2.90. The zero-order valence-corrected chi connectivity index (χ0v) is 13.8. The second-order valence-electron chi connectivity index (χ2n) is 6.25. The first kappa shape index (κ1) is 15.2. The highest BCUT2D eigenvalue weighted by atomic mass is 16.5. The van der Waals surface area contributed by atoms with E-state index in [0.29, 0.717) is 11.7 Å². The summed E-state index contributed by atoms with van der Waals surface area (Å²) < 4.78 is 11.0. The van der Waals surface area contributed by atoms with Gasteiger partial charge < -0.3 is 9.26 Å². The van der Waals surface area contributed by atoms with Crippen LogP contribution in [0.15, 0.2) is 41.1 Å². The second kappa shape index (κ2) is 6.30. The SMILES string of the molecule is CO[C@@H]1C[C@H](c2nc(C)no2)N(Cc2ccc3ncccc3c2)C1. The van der Waals surface area contributed by atoms with Crippen LogP contribution in [0.4, 0.5) is 0 Å². The van der Waals surface area contributed by atoms with Crippen molar-refractivity contribution >= 4 is 10.9 Å². The van der Waals surface area contributed by atoms with Crippen LogP contribution in [0, 0.1) is 6.92 Å². The number of likely N-dealkylation sites (tertiary alicyclic amines) is 1. The highest BCUT2D eigenvalue weighted by Gasteiger charge is 2.36. The minimum atomic E-state index is 0.0979. The molecule has 4 rings (SSSR count). The van der Waals surface area contributed by atoms with Gasteiger partial charge in [-0.15, -0.1) is 0 Å². The number of nitrogens with zero attached hydrogens (tertiary/aromatic N) is 4. The van der Waals surface area contributed by atoms with E-state index in [1.807, 2.05) is 19.2 Å². The molecule has 0 unspecified atom stereocenters. The first-order valence-electron chi connectivity index (χ1n) is 8.13. The van der Waals surface area contributed by atoms with E-state index in [9.17, 15) is 0 Å². The van der Waals surface area contributed by atoms with Crippen molar-refractivity contribution in [2.75, 3.05) is 13.7 Å². The first-order chi connectivity index (χ1) is 11.7. The van der Waals surface area contributed by atoms with Gasteiger partial charge in [-0.1, -0.05) is 17.3 Å². The Kier molecular flexibility index (Phi) is 4.00. The van der Waals surface area contributed by atoms with Gasteiger partial charge in [-0.05, 0) is 37.1 Å². The summed E-state index contributed by atoms with van der Waals surface area (Å²) in [5.74, 6) is 1.34. The van der Waals surface area contributed by atoms with E-state index < -0.39 is 0 Å². The van der Waals surface area contributed by atoms with Crippen molar-refractivity contribution in [3.8, 4) is 0 Å². The van der Waals surface area contributed by atoms with Gasteiger partial charge in [-0.2, -0.15) is 4.98 Å². The number of pyridine rings is 1. The lowest BCUT2D eigenvalue weighted by molar-refractivity contribution is 0.107. The molecule has 0 spiro atoms. The molecule has 6 heteroatoms. The monoisotopic (exact) mass is 324 g/mol. The molecular weight excluding hydrogens is 304 g/mol. The van der Waals surface area contributed by atoms with Crippen LogP contribution in [0.5, 0.6) is 0 Å². The predicted molar refractivity (Wildman–Crippen MR) is 89.3 cm³/mol. The Labute approximate surface area is 140 Å². The number of rotatable bonds is 4. The molecule has 3 heterocycles. The summed E-state index contributed by atoms with van der Waals surface area (Å²) in [6.07, 6.45) is 2.87. The highest BCUT2D eigenvalue weighted by molar-refractivity contribution is 5.78. The Morgan fingerprint density at radius 2 is 2.25 bits per heavy atom. The minimum absolute atomic E-state index is 0.0979. The Morgan fingerprint density at radius 1 is 1.33 bits per heavy atom. The van der Waals surface area contributed by atoms with Crippen molar-refractivity contribution < 1.29 is 9.26 Å². The van der Waals surface area contributed by atoms with Gasteiger partial charge in [0.25, 0.3) is 0 Å². The lowest BCUT2D eigenvalue weighted by Gasteiger charge is -2.21. The first-order valence-corrected chi connectivity index (χ1v) is 8.13. The summed E-state index contributed by atoms with van der Waals surface area (Å²) in [4.78, 5) is 11.1. The smallest absolute Gasteiger partial charge is 0.244 e. The van der Waals surface area contributed by atoms with Crippen LogP contribution in [-0.2, 0) is 11.3 Å². The molecule has 6 nitrogen and oxygen atoms in total. The van der Waals surface area contributed by atoms with Gasteiger partial charge in [0.05, 0.1) is 17.7 Å². The maximum atomic E-state index is 5.57. The molecule has 24 heavy (non-hydrogen) atoms. The molecule has 2 aromatic heterocycles. The average Bonchev–Trinajstić information content (AvgIpc) is 3.20. The molecule has 124 valence electrons. The molecule has 3 aromatic rings. The van der Waals surface area contributed by atoms with Crippen LogP contribution >= 0.6 is 0 Å². The summed E-state index contributed by atoms with van der Waals surface area (Å²) >= 11 is 0. The van der Waals surface area contributed by atoms with Crippen molar-refractivity contribution in [3.63, 3.8) is 0 Å². The molecule has 0 radical (unpaired) electrons. The van der Waals surface area contributed by atoms with Gasteiger partial charge >= 0.3 is 0 Å². The second-order valence-corrected chi connectivity index (χ2v) is 6.25. The van der Waals surface area contributed by atoms with E-state index in [-0.39, 0.29) is 12.1 Å². The number of aromatic nitrogens is 3. The summed E-state index contributed by atoms with van der Waals surface area (Å²) in [7, 11) is 1.76. The molecular formula is C18H20N4O2. The summed E-state index contributed by atoms with van der Waals surface area (Å²) in [6, 6.07) is 10.5. The molecule has 2 atom stereocenters. The molecule has 0 bridgehead atoms. The number of aryl methyl sites for hydroxylation is 1. The zero-order chi connectivity index (χ0) is 16.5. The van der Waals surface area contributed by atoms with Crippen molar-refractivity contribution in [1.29, 1.82) is 0 Å². The van der Waals surface area contributed by atoms with Gasteiger partial charge in [0.2, 0.25) is 5.89 Å². The van der Waals surface area contributed by atoms with Crippen molar-refractivity contribution in [2.24, 2.45) is 0 Å². The lowest BCUT2D eigenvalue weighted by Crippen LogP contribution is -2.25. The molecule has 1 aromatic carbocycles. The van der Waals surface area contributed by atoms with E-state index in [4.69, 9.17) is 9.26 Å². The normalized spacial score (nSPS) is 21.6. The summed E-state index contributed by atoms with van der Waals surface area (Å²) in [5.41, 5.74) is 2.26. The number of benzene rings is 1. The van der Waals surface area contributed by atoms with Gasteiger partial charge in [0, 0.05) is 31.8 Å². The van der Waals surface area contributed by atoms with E-state index in [1.165, 1.54) is 5.56 Å². The van der Waals surface area contributed by atoms with Crippen molar-refractivity contribution in [1.82, 2.24) is 20.0 Å². The van der Waals surface area contributed by atoms with E-state index in [0.717, 1.165) is 30.4 Å². The number of hydrogen-bond acceptors (Lipinski definition) is 6. The molecule has 1 aliphatic rings. The fraction of sp³-hybridized carbons (Fsp3) is 0.389. The van der Waals surface area contributed by atoms with E-state index in [2.05, 4.69) is 44.3 Å². The molecule has 1 saturated heterocycles. The predicted octanol–water partition coefficient (Wildman–Crippen LogP) is 2.89. The van der Waals surface area contributed by atoms with Gasteiger partial charge in [0.1, 0.15) is 0 Å². The Morgan fingerprint density at radius 3 is 3.04 bits per heavy atom. The third-order valence-electron chi connectivity index (χ3n) is 4.58. The standard InChI is InChI=1S/C18H20N4O2/c1-12-20-18(24-21-12)17-9-15(23-2)11-22(17)10-13-5-6-16-14(8-13)4-3-7-19-16/h3-8,15,17H,9-11H2,1-2H3/t15-,17-/m1/s1. The molecule has 0 saturated carbocycles. The Balaban J connectivity index is 1.60.